The molecule has 1 N–H and O–H groups in total. The Morgan fingerprint density at radius 3 is 2.71 bits per heavy atom. The van der Waals surface area contributed by atoms with Crippen LogP contribution in [-0.2, 0) is 6.54 Å². The molecule has 0 heterocycles. The van der Waals surface area contributed by atoms with Crippen molar-refractivity contribution < 1.29 is 4.92 Å². The number of hydrogen-bond donors (Lipinski definition) is 1. The molecule has 0 radical (unpaired) electrons. The van der Waals surface area contributed by atoms with E-state index in [1.165, 1.54) is 17.2 Å². The van der Waals surface area contributed by atoms with Gasteiger partial charge in [-0.15, -0.1) is 0 Å². The maximum absolute atomic E-state index is 10.9. The van der Waals surface area contributed by atoms with Crippen LogP contribution in [0.25, 0.3) is 0 Å². The van der Waals surface area contributed by atoms with E-state index in [9.17, 15) is 10.1 Å². The lowest BCUT2D eigenvalue weighted by Crippen LogP contribution is -2.18. The van der Waals surface area contributed by atoms with Crippen molar-refractivity contribution in [2.75, 3.05) is 0 Å². The minimum absolute atomic E-state index is 0.0563. The van der Waals surface area contributed by atoms with Gasteiger partial charge in [0.25, 0.3) is 5.69 Å². The highest BCUT2D eigenvalue weighted by Gasteiger charge is 2.13. The predicted octanol–water partition coefficient (Wildman–Crippen LogP) is 4.41. The van der Waals surface area contributed by atoms with Crippen molar-refractivity contribution in [2.24, 2.45) is 0 Å². The molecule has 0 saturated heterocycles. The molecule has 0 saturated carbocycles. The SMILES string of the molecule is Cc1cccc([C@@H](C)NCc2ccc(Cl)c([N+](=O)[O-])c2)c1. The van der Waals surface area contributed by atoms with Gasteiger partial charge in [0.2, 0.25) is 0 Å². The predicted molar refractivity (Wildman–Crippen MR) is 84.5 cm³/mol. The number of benzene rings is 2. The summed E-state index contributed by atoms with van der Waals surface area (Å²) in [5.41, 5.74) is 3.19. The van der Waals surface area contributed by atoms with E-state index in [-0.39, 0.29) is 16.8 Å². The summed E-state index contributed by atoms with van der Waals surface area (Å²) in [6, 6.07) is 13.3. The molecule has 1 atom stereocenters. The van der Waals surface area contributed by atoms with E-state index in [1.54, 1.807) is 12.1 Å². The first-order chi connectivity index (χ1) is 9.97. The van der Waals surface area contributed by atoms with Crippen molar-refractivity contribution in [1.82, 2.24) is 5.32 Å². The van der Waals surface area contributed by atoms with E-state index in [0.29, 0.717) is 6.54 Å². The van der Waals surface area contributed by atoms with Crippen LogP contribution in [-0.4, -0.2) is 4.92 Å². The Morgan fingerprint density at radius 1 is 1.29 bits per heavy atom. The van der Waals surface area contributed by atoms with Crippen molar-refractivity contribution in [3.05, 3.63) is 74.3 Å². The number of nitro groups is 1. The molecule has 5 heteroatoms. The van der Waals surface area contributed by atoms with E-state index in [0.717, 1.165) is 5.56 Å². The van der Waals surface area contributed by atoms with Gasteiger partial charge in [0.05, 0.1) is 4.92 Å². The zero-order chi connectivity index (χ0) is 15.4. The topological polar surface area (TPSA) is 55.2 Å². The number of nitrogens with one attached hydrogen (secondary N) is 1. The maximum Gasteiger partial charge on any atom is 0.288 e. The fourth-order valence-corrected chi connectivity index (χ4v) is 2.32. The Hall–Kier alpha value is -1.91. The van der Waals surface area contributed by atoms with E-state index >= 15 is 0 Å². The van der Waals surface area contributed by atoms with Crippen LogP contribution in [0.15, 0.2) is 42.5 Å². The summed E-state index contributed by atoms with van der Waals surface area (Å²) >= 11 is 5.81. The van der Waals surface area contributed by atoms with Crippen LogP contribution < -0.4 is 5.32 Å². The molecule has 0 aliphatic carbocycles. The van der Waals surface area contributed by atoms with Gasteiger partial charge in [-0.05, 0) is 31.0 Å². The van der Waals surface area contributed by atoms with Gasteiger partial charge in [0, 0.05) is 18.7 Å². The highest BCUT2D eigenvalue weighted by atomic mass is 35.5. The van der Waals surface area contributed by atoms with E-state index < -0.39 is 4.92 Å². The zero-order valence-electron chi connectivity index (χ0n) is 12.0. The van der Waals surface area contributed by atoms with Gasteiger partial charge >= 0.3 is 0 Å². The third-order valence-corrected chi connectivity index (χ3v) is 3.68. The quantitative estimate of drug-likeness (QED) is 0.657. The molecule has 21 heavy (non-hydrogen) atoms. The summed E-state index contributed by atoms with van der Waals surface area (Å²) in [6.07, 6.45) is 0. The second-order valence-corrected chi connectivity index (χ2v) is 5.47. The molecule has 0 unspecified atom stereocenters. The Bertz CT molecular complexity index is 658. The van der Waals surface area contributed by atoms with Crippen molar-refractivity contribution >= 4 is 17.3 Å². The Balaban J connectivity index is 2.06. The highest BCUT2D eigenvalue weighted by molar-refractivity contribution is 6.32. The smallest absolute Gasteiger partial charge is 0.288 e. The molecule has 2 rings (SSSR count). The molecule has 2 aromatic rings. The van der Waals surface area contributed by atoms with Gasteiger partial charge in [-0.1, -0.05) is 47.5 Å². The first-order valence-electron chi connectivity index (χ1n) is 6.70. The molecular formula is C16H17ClN2O2. The highest BCUT2D eigenvalue weighted by Crippen LogP contribution is 2.25. The number of rotatable bonds is 5. The summed E-state index contributed by atoms with van der Waals surface area (Å²) in [4.78, 5) is 10.4. The van der Waals surface area contributed by atoms with Crippen LogP contribution in [0.5, 0.6) is 0 Å². The fourth-order valence-electron chi connectivity index (χ4n) is 2.14. The fraction of sp³-hybridized carbons (Fsp3) is 0.250. The molecule has 0 aliphatic rings. The third-order valence-electron chi connectivity index (χ3n) is 3.36. The first kappa shape index (κ1) is 15.5. The van der Waals surface area contributed by atoms with Gasteiger partial charge in [-0.2, -0.15) is 0 Å². The lowest BCUT2D eigenvalue weighted by atomic mass is 10.1. The van der Waals surface area contributed by atoms with Crippen molar-refractivity contribution in [1.29, 1.82) is 0 Å². The number of nitro benzene ring substituents is 1. The maximum atomic E-state index is 10.9. The minimum atomic E-state index is -0.462. The monoisotopic (exact) mass is 304 g/mol. The molecule has 0 fully saturated rings. The van der Waals surface area contributed by atoms with Crippen LogP contribution in [0.2, 0.25) is 5.02 Å². The van der Waals surface area contributed by atoms with Gasteiger partial charge in [0.15, 0.2) is 0 Å². The van der Waals surface area contributed by atoms with Gasteiger partial charge in [0.1, 0.15) is 5.02 Å². The lowest BCUT2D eigenvalue weighted by Gasteiger charge is -2.15. The molecule has 0 aliphatic heterocycles. The summed E-state index contributed by atoms with van der Waals surface area (Å²) in [7, 11) is 0. The summed E-state index contributed by atoms with van der Waals surface area (Å²) in [5.74, 6) is 0. The van der Waals surface area contributed by atoms with Gasteiger partial charge in [-0.3, -0.25) is 10.1 Å². The molecule has 4 nitrogen and oxygen atoms in total. The number of halogens is 1. The lowest BCUT2D eigenvalue weighted by molar-refractivity contribution is -0.384. The number of aryl methyl sites for hydroxylation is 1. The van der Waals surface area contributed by atoms with Crippen LogP contribution in [0, 0.1) is 17.0 Å². The number of hydrogen-bond acceptors (Lipinski definition) is 3. The van der Waals surface area contributed by atoms with Crippen LogP contribution in [0.3, 0.4) is 0 Å². The Morgan fingerprint density at radius 2 is 2.05 bits per heavy atom. The molecule has 2 aromatic carbocycles. The Labute approximate surface area is 128 Å². The standard InChI is InChI=1S/C16H17ClN2O2/c1-11-4-3-5-14(8-11)12(2)18-10-13-6-7-15(17)16(9-13)19(20)21/h3-9,12,18H,10H2,1-2H3/t12-/m1/s1. The first-order valence-corrected chi connectivity index (χ1v) is 7.08. The summed E-state index contributed by atoms with van der Waals surface area (Å²) < 4.78 is 0. The molecule has 0 aromatic heterocycles. The minimum Gasteiger partial charge on any atom is -0.306 e. The van der Waals surface area contributed by atoms with Gasteiger partial charge < -0.3 is 5.32 Å². The van der Waals surface area contributed by atoms with E-state index in [1.807, 2.05) is 6.07 Å². The summed E-state index contributed by atoms with van der Waals surface area (Å²) in [5, 5.41) is 14.4. The summed E-state index contributed by atoms with van der Waals surface area (Å²) in [6.45, 7) is 4.67. The largest absolute Gasteiger partial charge is 0.306 e. The normalized spacial score (nSPS) is 12.1. The molecule has 0 bridgehead atoms. The average Bonchev–Trinajstić information content (AvgIpc) is 2.45. The average molecular weight is 305 g/mol. The number of nitrogens with zero attached hydrogens (tertiary/aromatic N) is 1. The molecule has 0 amide bonds. The van der Waals surface area contributed by atoms with E-state index in [4.69, 9.17) is 11.6 Å². The van der Waals surface area contributed by atoms with Crippen molar-refractivity contribution in [3.8, 4) is 0 Å². The zero-order valence-corrected chi connectivity index (χ0v) is 12.7. The van der Waals surface area contributed by atoms with Crippen LogP contribution >= 0.6 is 11.6 Å². The van der Waals surface area contributed by atoms with Gasteiger partial charge in [-0.25, -0.2) is 0 Å². The second kappa shape index (κ2) is 6.70. The second-order valence-electron chi connectivity index (χ2n) is 5.06. The Kier molecular flexibility index (Phi) is 4.94. The third kappa shape index (κ3) is 4.03. The van der Waals surface area contributed by atoms with Crippen LogP contribution in [0.1, 0.15) is 29.7 Å². The van der Waals surface area contributed by atoms with Crippen molar-refractivity contribution in [2.45, 2.75) is 26.4 Å². The molecule has 110 valence electrons. The van der Waals surface area contributed by atoms with Crippen molar-refractivity contribution in [3.63, 3.8) is 0 Å². The molecule has 0 spiro atoms. The molecular weight excluding hydrogens is 288 g/mol. The van der Waals surface area contributed by atoms with Crippen LogP contribution in [0.4, 0.5) is 5.69 Å². The van der Waals surface area contributed by atoms with E-state index in [2.05, 4.69) is 37.4 Å².